The minimum Gasteiger partial charge on any atom is -0.391 e. The van der Waals surface area contributed by atoms with Gasteiger partial charge in [0.2, 0.25) is 0 Å². The molecule has 0 bridgehead atoms. The number of carbonyl (C=O) groups is 1. The van der Waals surface area contributed by atoms with E-state index in [-0.39, 0.29) is 5.91 Å². The van der Waals surface area contributed by atoms with Crippen molar-refractivity contribution in [3.63, 3.8) is 0 Å². The van der Waals surface area contributed by atoms with Gasteiger partial charge in [-0.05, 0) is 5.56 Å². The van der Waals surface area contributed by atoms with Crippen molar-refractivity contribution in [2.75, 3.05) is 7.05 Å². The number of amides is 1. The zero-order valence-electron chi connectivity index (χ0n) is 7.93. The second kappa shape index (κ2) is 5.75. The molecule has 0 fully saturated rings. The molecule has 1 aromatic carbocycles. The molecule has 0 aromatic heterocycles. The van der Waals surface area contributed by atoms with Crippen molar-refractivity contribution < 1.29 is 9.63 Å². The lowest BCUT2D eigenvalue weighted by atomic mass is 10.2. The minimum absolute atomic E-state index is 0.280. The van der Waals surface area contributed by atoms with Crippen molar-refractivity contribution in [3.05, 3.63) is 35.9 Å². The highest BCUT2D eigenvalue weighted by Gasteiger charge is 1.91. The maximum atomic E-state index is 10.7. The van der Waals surface area contributed by atoms with E-state index in [1.54, 1.807) is 0 Å². The predicted octanol–water partition coefficient (Wildman–Crippen LogP) is 0.935. The molecule has 0 saturated heterocycles. The van der Waals surface area contributed by atoms with Crippen molar-refractivity contribution >= 4 is 12.1 Å². The molecule has 0 radical (unpaired) electrons. The molecule has 0 atom stereocenters. The van der Waals surface area contributed by atoms with Crippen LogP contribution in [0.4, 0.5) is 0 Å². The number of hydrogen-bond acceptors (Lipinski definition) is 3. The van der Waals surface area contributed by atoms with Gasteiger partial charge in [0.1, 0.15) is 12.8 Å². The van der Waals surface area contributed by atoms with E-state index in [0.29, 0.717) is 6.61 Å². The summed E-state index contributed by atoms with van der Waals surface area (Å²) in [5.41, 5.74) is 1.02. The Kier molecular flexibility index (Phi) is 4.20. The van der Waals surface area contributed by atoms with Crippen molar-refractivity contribution in [2.45, 2.75) is 6.61 Å². The quantitative estimate of drug-likeness (QED) is 0.570. The summed E-state index contributed by atoms with van der Waals surface area (Å²) in [6.07, 6.45) is 1.10. The highest BCUT2D eigenvalue weighted by atomic mass is 16.6. The van der Waals surface area contributed by atoms with Gasteiger partial charge in [0.15, 0.2) is 0 Å². The van der Waals surface area contributed by atoms with E-state index >= 15 is 0 Å². The molecule has 1 N–H and O–H groups in total. The van der Waals surface area contributed by atoms with E-state index < -0.39 is 0 Å². The van der Waals surface area contributed by atoms with Gasteiger partial charge in [-0.3, -0.25) is 4.79 Å². The molecule has 0 unspecified atom stereocenters. The van der Waals surface area contributed by atoms with Crippen LogP contribution in [0.15, 0.2) is 35.5 Å². The summed E-state index contributed by atoms with van der Waals surface area (Å²) in [6, 6.07) is 9.62. The zero-order chi connectivity index (χ0) is 10.2. The molecular formula is C10H12N2O2. The van der Waals surface area contributed by atoms with Gasteiger partial charge in [-0.2, -0.15) is 0 Å². The van der Waals surface area contributed by atoms with E-state index in [1.807, 2.05) is 30.3 Å². The Labute approximate surface area is 82.6 Å². The number of benzene rings is 1. The SMILES string of the molecule is CNC(=O)C=NOCc1ccccc1. The highest BCUT2D eigenvalue weighted by Crippen LogP contribution is 1.99. The van der Waals surface area contributed by atoms with Gasteiger partial charge in [0.25, 0.3) is 5.91 Å². The summed E-state index contributed by atoms with van der Waals surface area (Å²) >= 11 is 0. The van der Waals surface area contributed by atoms with Crippen molar-refractivity contribution in [3.8, 4) is 0 Å². The number of hydrogen-bond donors (Lipinski definition) is 1. The first kappa shape index (κ1) is 10.2. The van der Waals surface area contributed by atoms with Crippen LogP contribution >= 0.6 is 0 Å². The van der Waals surface area contributed by atoms with Gasteiger partial charge in [-0.25, -0.2) is 0 Å². The molecule has 1 amide bonds. The van der Waals surface area contributed by atoms with Gasteiger partial charge in [0, 0.05) is 7.05 Å². The standard InChI is InChI=1S/C10H12N2O2/c1-11-10(13)7-12-14-8-9-5-3-2-4-6-9/h2-7H,8H2,1H3,(H,11,13). The van der Waals surface area contributed by atoms with Crippen LogP contribution in [-0.4, -0.2) is 19.2 Å². The van der Waals surface area contributed by atoms with E-state index in [0.717, 1.165) is 11.8 Å². The minimum atomic E-state index is -0.280. The molecule has 0 spiro atoms. The smallest absolute Gasteiger partial charge is 0.265 e. The molecule has 1 rings (SSSR count). The van der Waals surface area contributed by atoms with Crippen LogP contribution in [-0.2, 0) is 16.2 Å². The Hall–Kier alpha value is -1.84. The van der Waals surface area contributed by atoms with Crippen LogP contribution in [0.5, 0.6) is 0 Å². The molecule has 14 heavy (non-hydrogen) atoms. The lowest BCUT2D eigenvalue weighted by molar-refractivity contribution is -0.114. The van der Waals surface area contributed by atoms with E-state index in [1.165, 1.54) is 7.05 Å². The topological polar surface area (TPSA) is 50.7 Å². The van der Waals surface area contributed by atoms with E-state index in [9.17, 15) is 4.79 Å². The maximum Gasteiger partial charge on any atom is 0.265 e. The van der Waals surface area contributed by atoms with E-state index in [2.05, 4.69) is 10.5 Å². The first-order valence-electron chi connectivity index (χ1n) is 4.24. The number of oxime groups is 1. The van der Waals surface area contributed by atoms with Crippen molar-refractivity contribution in [2.24, 2.45) is 5.16 Å². The largest absolute Gasteiger partial charge is 0.391 e. The lowest BCUT2D eigenvalue weighted by Crippen LogP contribution is -2.18. The zero-order valence-corrected chi connectivity index (χ0v) is 7.93. The molecule has 0 heterocycles. The first-order chi connectivity index (χ1) is 6.83. The number of rotatable bonds is 4. The highest BCUT2D eigenvalue weighted by molar-refractivity contribution is 6.25. The average Bonchev–Trinajstić information content (AvgIpc) is 2.25. The third kappa shape index (κ3) is 3.71. The molecule has 0 aliphatic heterocycles. The Balaban J connectivity index is 2.29. The normalized spacial score (nSPS) is 10.1. The molecule has 74 valence electrons. The second-order valence-electron chi connectivity index (χ2n) is 2.61. The van der Waals surface area contributed by atoms with Crippen LogP contribution in [0.2, 0.25) is 0 Å². The third-order valence-electron chi connectivity index (χ3n) is 1.56. The van der Waals surface area contributed by atoms with Crippen LogP contribution in [0.3, 0.4) is 0 Å². The van der Waals surface area contributed by atoms with Gasteiger partial charge in [0.05, 0.1) is 0 Å². The maximum absolute atomic E-state index is 10.7. The Morgan fingerprint density at radius 3 is 2.86 bits per heavy atom. The van der Waals surface area contributed by atoms with Crippen molar-refractivity contribution in [1.82, 2.24) is 5.32 Å². The van der Waals surface area contributed by atoms with Gasteiger partial charge < -0.3 is 10.2 Å². The van der Waals surface area contributed by atoms with Crippen LogP contribution < -0.4 is 5.32 Å². The molecule has 4 heteroatoms. The first-order valence-corrected chi connectivity index (χ1v) is 4.24. The summed E-state index contributed by atoms with van der Waals surface area (Å²) in [5.74, 6) is -0.280. The fourth-order valence-corrected chi connectivity index (χ4v) is 0.836. The van der Waals surface area contributed by atoms with Crippen LogP contribution in [0, 0.1) is 0 Å². The molecule has 0 aliphatic rings. The number of carbonyl (C=O) groups excluding carboxylic acids is 1. The number of nitrogens with one attached hydrogen (secondary N) is 1. The summed E-state index contributed by atoms with van der Waals surface area (Å²) in [6.45, 7) is 0.369. The molecule has 0 saturated carbocycles. The summed E-state index contributed by atoms with van der Waals surface area (Å²) < 4.78 is 0. The summed E-state index contributed by atoms with van der Waals surface area (Å²) in [4.78, 5) is 15.6. The van der Waals surface area contributed by atoms with Gasteiger partial charge >= 0.3 is 0 Å². The molecule has 0 aliphatic carbocycles. The van der Waals surface area contributed by atoms with Crippen molar-refractivity contribution in [1.29, 1.82) is 0 Å². The molecule has 1 aromatic rings. The molecule has 4 nitrogen and oxygen atoms in total. The monoisotopic (exact) mass is 192 g/mol. The van der Waals surface area contributed by atoms with Crippen LogP contribution in [0.25, 0.3) is 0 Å². The summed E-state index contributed by atoms with van der Waals surface area (Å²) in [7, 11) is 1.53. The van der Waals surface area contributed by atoms with Gasteiger partial charge in [-0.1, -0.05) is 35.5 Å². The van der Waals surface area contributed by atoms with Crippen LogP contribution in [0.1, 0.15) is 5.56 Å². The second-order valence-corrected chi connectivity index (χ2v) is 2.61. The fourth-order valence-electron chi connectivity index (χ4n) is 0.836. The summed E-state index contributed by atoms with van der Waals surface area (Å²) in [5, 5.41) is 5.90. The van der Waals surface area contributed by atoms with Gasteiger partial charge in [-0.15, -0.1) is 0 Å². The Morgan fingerprint density at radius 1 is 1.50 bits per heavy atom. The third-order valence-corrected chi connectivity index (χ3v) is 1.56. The number of nitrogens with zero attached hydrogens (tertiary/aromatic N) is 1. The lowest BCUT2D eigenvalue weighted by Gasteiger charge is -1.97. The van der Waals surface area contributed by atoms with E-state index in [4.69, 9.17) is 4.84 Å². The Morgan fingerprint density at radius 2 is 2.21 bits per heavy atom. The Bertz CT molecular complexity index is 309. The molecular weight excluding hydrogens is 180 g/mol. The average molecular weight is 192 g/mol. The fraction of sp³-hybridized carbons (Fsp3) is 0.200. The predicted molar refractivity (Wildman–Crippen MR) is 53.8 cm³/mol.